The van der Waals surface area contributed by atoms with E-state index in [1.54, 1.807) is 9.80 Å². The highest BCUT2D eigenvalue weighted by atomic mass is 16.7. The minimum absolute atomic E-state index is 0.0555. The Morgan fingerprint density at radius 3 is 2.47 bits per heavy atom. The van der Waals surface area contributed by atoms with E-state index in [1.165, 1.54) is 0 Å². The lowest BCUT2D eigenvalue weighted by molar-refractivity contribution is -0.133. The fraction of sp³-hybridized carbons (Fsp3) is 0.357. The van der Waals surface area contributed by atoms with Crippen molar-refractivity contribution in [2.45, 2.75) is 40.8 Å². The molecule has 190 valence electrons. The molecule has 8 heteroatoms. The number of nitrogens with zero attached hydrogens (tertiary/aromatic N) is 2. The van der Waals surface area contributed by atoms with Crippen molar-refractivity contribution in [3.8, 4) is 11.5 Å². The van der Waals surface area contributed by atoms with Gasteiger partial charge in [-0.05, 0) is 67.3 Å². The van der Waals surface area contributed by atoms with Crippen LogP contribution in [0.3, 0.4) is 0 Å². The van der Waals surface area contributed by atoms with E-state index in [2.05, 4.69) is 5.32 Å². The first-order chi connectivity index (χ1) is 17.3. The van der Waals surface area contributed by atoms with Crippen molar-refractivity contribution in [3.63, 3.8) is 0 Å². The molecule has 36 heavy (non-hydrogen) atoms. The molecule has 0 bridgehead atoms. The van der Waals surface area contributed by atoms with E-state index in [0.29, 0.717) is 36.0 Å². The molecule has 1 N–H and O–H groups in total. The fourth-order valence-electron chi connectivity index (χ4n) is 4.10. The number of hydrogen-bond acceptors (Lipinski definition) is 5. The van der Waals surface area contributed by atoms with Crippen LogP contribution in [0.2, 0.25) is 0 Å². The van der Waals surface area contributed by atoms with Gasteiger partial charge in [0.2, 0.25) is 12.7 Å². The molecule has 0 radical (unpaired) electrons. The summed E-state index contributed by atoms with van der Waals surface area (Å²) in [5.41, 5.74) is 2.64. The number of anilines is 1. The topological polar surface area (TPSA) is 84.3 Å². The number of carbonyl (C=O) groups is 2. The Bertz CT molecular complexity index is 1220. The standard InChI is InChI=1S/C28H33N3O5/c1-19(2)14-31(28(33)29-23-7-5-6-20(3)12-23)17-27(32)30(16-24-10-8-21(4)36-24)15-22-9-11-25-26(13-22)35-18-34-25/h5-13,19H,14-18H2,1-4H3,(H,29,33). The lowest BCUT2D eigenvalue weighted by Crippen LogP contribution is -2.45. The first kappa shape index (κ1) is 25.2. The molecule has 0 saturated carbocycles. The Morgan fingerprint density at radius 1 is 0.944 bits per heavy atom. The van der Waals surface area contributed by atoms with Crippen LogP contribution in [0.4, 0.5) is 10.5 Å². The lowest BCUT2D eigenvalue weighted by atomic mass is 10.1. The van der Waals surface area contributed by atoms with E-state index in [4.69, 9.17) is 13.9 Å². The molecule has 4 rings (SSSR count). The normalized spacial score (nSPS) is 12.0. The van der Waals surface area contributed by atoms with Gasteiger partial charge in [0.1, 0.15) is 18.1 Å². The van der Waals surface area contributed by atoms with Gasteiger partial charge in [-0.3, -0.25) is 4.79 Å². The summed E-state index contributed by atoms with van der Waals surface area (Å²) in [5.74, 6) is 2.82. The van der Waals surface area contributed by atoms with Crippen molar-refractivity contribution in [1.82, 2.24) is 9.80 Å². The first-order valence-corrected chi connectivity index (χ1v) is 12.1. The van der Waals surface area contributed by atoms with Crippen LogP contribution in [0.1, 0.15) is 36.5 Å². The summed E-state index contributed by atoms with van der Waals surface area (Å²) in [4.78, 5) is 30.0. The number of urea groups is 1. The van der Waals surface area contributed by atoms with E-state index in [-0.39, 0.29) is 37.7 Å². The lowest BCUT2D eigenvalue weighted by Gasteiger charge is -2.28. The van der Waals surface area contributed by atoms with Crippen LogP contribution in [-0.2, 0) is 17.9 Å². The number of furan rings is 1. The second-order valence-corrected chi connectivity index (χ2v) is 9.52. The summed E-state index contributed by atoms with van der Waals surface area (Å²) in [7, 11) is 0. The highest BCUT2D eigenvalue weighted by Gasteiger charge is 2.24. The van der Waals surface area contributed by atoms with E-state index < -0.39 is 0 Å². The van der Waals surface area contributed by atoms with E-state index in [9.17, 15) is 9.59 Å². The average molecular weight is 492 g/mol. The molecule has 0 aliphatic carbocycles. The number of fused-ring (bicyclic) bond motifs is 1. The Hall–Kier alpha value is -3.94. The predicted octanol–water partition coefficient (Wildman–Crippen LogP) is 5.34. The number of rotatable bonds is 9. The van der Waals surface area contributed by atoms with Crippen molar-refractivity contribution in [2.24, 2.45) is 5.92 Å². The van der Waals surface area contributed by atoms with E-state index in [0.717, 1.165) is 16.9 Å². The number of nitrogens with one attached hydrogen (secondary N) is 1. The summed E-state index contributed by atoms with van der Waals surface area (Å²) in [6.45, 7) is 9.08. The molecule has 1 aromatic heterocycles. The zero-order valence-electron chi connectivity index (χ0n) is 21.2. The van der Waals surface area contributed by atoms with Crippen LogP contribution >= 0.6 is 0 Å². The Morgan fingerprint density at radius 2 is 1.75 bits per heavy atom. The largest absolute Gasteiger partial charge is 0.464 e. The van der Waals surface area contributed by atoms with Crippen molar-refractivity contribution < 1.29 is 23.5 Å². The summed E-state index contributed by atoms with van der Waals surface area (Å²) in [6.07, 6.45) is 0. The SMILES string of the molecule is Cc1cccc(NC(=O)N(CC(=O)N(Cc2ccc3c(c2)OCO3)Cc2ccc(C)o2)CC(C)C)c1. The number of carbonyl (C=O) groups excluding carboxylic acids is 2. The molecule has 2 heterocycles. The quantitative estimate of drug-likeness (QED) is 0.437. The van der Waals surface area contributed by atoms with Crippen molar-refractivity contribution in [2.75, 3.05) is 25.2 Å². The Kier molecular flexibility index (Phi) is 7.83. The van der Waals surface area contributed by atoms with Crippen LogP contribution in [0.15, 0.2) is 59.0 Å². The molecule has 1 aliphatic rings. The van der Waals surface area contributed by atoms with Gasteiger partial charge in [0.05, 0.1) is 6.54 Å². The number of ether oxygens (including phenoxy) is 2. The minimum Gasteiger partial charge on any atom is -0.464 e. The van der Waals surface area contributed by atoms with E-state index >= 15 is 0 Å². The van der Waals surface area contributed by atoms with Crippen molar-refractivity contribution in [1.29, 1.82) is 0 Å². The maximum absolute atomic E-state index is 13.6. The zero-order valence-corrected chi connectivity index (χ0v) is 21.2. The van der Waals surface area contributed by atoms with Crippen LogP contribution in [0.5, 0.6) is 11.5 Å². The highest BCUT2D eigenvalue weighted by Crippen LogP contribution is 2.33. The van der Waals surface area contributed by atoms with Gasteiger partial charge in [-0.15, -0.1) is 0 Å². The third-order valence-corrected chi connectivity index (χ3v) is 5.77. The summed E-state index contributed by atoms with van der Waals surface area (Å²) < 4.78 is 16.7. The van der Waals surface area contributed by atoms with Gasteiger partial charge in [-0.1, -0.05) is 32.0 Å². The maximum atomic E-state index is 13.6. The molecule has 0 unspecified atom stereocenters. The molecule has 1 aliphatic heterocycles. The zero-order chi connectivity index (χ0) is 25.7. The summed E-state index contributed by atoms with van der Waals surface area (Å²) in [5, 5.41) is 2.93. The van der Waals surface area contributed by atoms with Gasteiger partial charge in [0.25, 0.3) is 0 Å². The number of hydrogen-bond donors (Lipinski definition) is 1. The minimum atomic E-state index is -0.306. The van der Waals surface area contributed by atoms with Crippen molar-refractivity contribution in [3.05, 3.63) is 77.2 Å². The van der Waals surface area contributed by atoms with Gasteiger partial charge in [-0.25, -0.2) is 4.79 Å². The number of amides is 3. The molecule has 0 atom stereocenters. The van der Waals surface area contributed by atoms with Gasteiger partial charge in [0, 0.05) is 18.8 Å². The fourth-order valence-corrected chi connectivity index (χ4v) is 4.10. The molecule has 8 nitrogen and oxygen atoms in total. The summed E-state index contributed by atoms with van der Waals surface area (Å²) >= 11 is 0. The van der Waals surface area contributed by atoms with Gasteiger partial charge >= 0.3 is 6.03 Å². The number of benzene rings is 2. The molecule has 0 fully saturated rings. The van der Waals surface area contributed by atoms with Gasteiger partial charge in [0.15, 0.2) is 11.5 Å². The third kappa shape index (κ3) is 6.59. The van der Waals surface area contributed by atoms with Crippen LogP contribution in [0.25, 0.3) is 0 Å². The Labute approximate surface area is 211 Å². The smallest absolute Gasteiger partial charge is 0.322 e. The van der Waals surface area contributed by atoms with Gasteiger partial charge in [-0.2, -0.15) is 0 Å². The van der Waals surface area contributed by atoms with E-state index in [1.807, 2.05) is 82.3 Å². The Balaban J connectivity index is 1.52. The molecule has 3 aromatic rings. The monoisotopic (exact) mass is 491 g/mol. The average Bonchev–Trinajstić information content (AvgIpc) is 3.46. The molecular weight excluding hydrogens is 458 g/mol. The third-order valence-electron chi connectivity index (χ3n) is 5.77. The number of aryl methyl sites for hydroxylation is 2. The molecule has 0 spiro atoms. The van der Waals surface area contributed by atoms with Crippen molar-refractivity contribution >= 4 is 17.6 Å². The molecule has 3 amide bonds. The van der Waals surface area contributed by atoms with Crippen LogP contribution in [-0.4, -0.2) is 41.6 Å². The second kappa shape index (κ2) is 11.2. The first-order valence-electron chi connectivity index (χ1n) is 12.1. The van der Waals surface area contributed by atoms with Crippen LogP contribution < -0.4 is 14.8 Å². The van der Waals surface area contributed by atoms with Gasteiger partial charge < -0.3 is 29.0 Å². The summed E-state index contributed by atoms with van der Waals surface area (Å²) in [6, 6.07) is 16.7. The van der Waals surface area contributed by atoms with Crippen LogP contribution in [0, 0.1) is 19.8 Å². The second-order valence-electron chi connectivity index (χ2n) is 9.52. The molecular formula is C28H33N3O5. The molecule has 2 aromatic carbocycles. The maximum Gasteiger partial charge on any atom is 0.322 e. The highest BCUT2D eigenvalue weighted by molar-refractivity contribution is 5.92. The predicted molar refractivity (Wildman–Crippen MR) is 137 cm³/mol. The molecule has 0 saturated heterocycles.